The summed E-state index contributed by atoms with van der Waals surface area (Å²) < 4.78 is 4.89. The number of esters is 1. The van der Waals surface area contributed by atoms with Gasteiger partial charge in [-0.1, -0.05) is 17.7 Å². The predicted molar refractivity (Wildman–Crippen MR) is 89.2 cm³/mol. The molecule has 0 unspecified atom stereocenters. The summed E-state index contributed by atoms with van der Waals surface area (Å²) in [6, 6.07) is 6.81. The van der Waals surface area contributed by atoms with Crippen molar-refractivity contribution in [3.05, 3.63) is 29.8 Å². The Morgan fingerprint density at radius 1 is 1.35 bits per heavy atom. The molecule has 1 saturated heterocycles. The fourth-order valence-corrected chi connectivity index (χ4v) is 3.27. The first-order valence-electron chi connectivity index (χ1n) is 7.44. The average molecular weight is 336 g/mol. The van der Waals surface area contributed by atoms with Gasteiger partial charge in [0.2, 0.25) is 11.8 Å². The number of aryl methyl sites for hydroxylation is 1. The van der Waals surface area contributed by atoms with Gasteiger partial charge in [-0.15, -0.1) is 11.8 Å². The third-order valence-corrected chi connectivity index (χ3v) is 4.66. The zero-order valence-electron chi connectivity index (χ0n) is 13.1. The molecule has 2 N–H and O–H groups in total. The van der Waals surface area contributed by atoms with Crippen LogP contribution in [0.3, 0.4) is 0 Å². The average Bonchev–Trinajstić information content (AvgIpc) is 2.52. The second-order valence-corrected chi connectivity index (χ2v) is 6.49. The van der Waals surface area contributed by atoms with Gasteiger partial charge in [-0.2, -0.15) is 0 Å². The van der Waals surface area contributed by atoms with E-state index in [9.17, 15) is 14.4 Å². The van der Waals surface area contributed by atoms with E-state index < -0.39 is 17.3 Å². The van der Waals surface area contributed by atoms with Crippen LogP contribution >= 0.6 is 11.8 Å². The summed E-state index contributed by atoms with van der Waals surface area (Å²) in [7, 11) is 0. The normalized spacial score (nSPS) is 20.5. The lowest BCUT2D eigenvalue weighted by Gasteiger charge is -2.27. The number of carbonyl (C=O) groups is 3. The number of nitrogens with one attached hydrogen (secondary N) is 2. The second-order valence-electron chi connectivity index (χ2n) is 5.25. The van der Waals surface area contributed by atoms with Crippen molar-refractivity contribution in [2.75, 3.05) is 17.7 Å². The molecule has 1 aromatic carbocycles. The predicted octanol–water partition coefficient (Wildman–Crippen LogP) is 1.49. The number of anilines is 1. The van der Waals surface area contributed by atoms with Gasteiger partial charge in [-0.3, -0.25) is 9.59 Å². The lowest BCUT2D eigenvalue weighted by molar-refractivity contribution is -0.146. The summed E-state index contributed by atoms with van der Waals surface area (Å²) in [5, 5.41) is 4.89. The molecule has 2 atom stereocenters. The van der Waals surface area contributed by atoms with Crippen LogP contribution in [0.1, 0.15) is 18.9 Å². The highest BCUT2D eigenvalue weighted by atomic mass is 32.2. The smallest absolute Gasteiger partial charge is 0.329 e. The standard InChI is InChI=1S/C16H20N2O4S/c1-3-22-16(21)12-9-23-13(15(20)18-12)8-14(19)17-11-6-4-10(2)5-7-11/h4-7,12-13H,3,8-9H2,1-2H3,(H,17,19)(H,18,20)/t12-,13+/m0/s1. The molecule has 2 amide bonds. The number of hydrogen-bond acceptors (Lipinski definition) is 5. The zero-order valence-corrected chi connectivity index (χ0v) is 13.9. The quantitative estimate of drug-likeness (QED) is 0.796. The van der Waals surface area contributed by atoms with Crippen LogP contribution in [-0.2, 0) is 19.1 Å². The van der Waals surface area contributed by atoms with Crippen molar-refractivity contribution in [1.29, 1.82) is 0 Å². The van der Waals surface area contributed by atoms with Crippen molar-refractivity contribution in [2.24, 2.45) is 0 Å². The topological polar surface area (TPSA) is 84.5 Å². The number of carbonyl (C=O) groups excluding carboxylic acids is 3. The van der Waals surface area contributed by atoms with Crippen molar-refractivity contribution in [3.8, 4) is 0 Å². The Morgan fingerprint density at radius 2 is 2.04 bits per heavy atom. The lowest BCUT2D eigenvalue weighted by Crippen LogP contribution is -2.51. The zero-order chi connectivity index (χ0) is 16.8. The summed E-state index contributed by atoms with van der Waals surface area (Å²) in [5.74, 6) is -0.557. The van der Waals surface area contributed by atoms with E-state index in [0.29, 0.717) is 11.4 Å². The Labute approximate surface area is 139 Å². The Morgan fingerprint density at radius 3 is 2.65 bits per heavy atom. The molecule has 124 valence electrons. The highest BCUT2D eigenvalue weighted by Gasteiger charge is 2.34. The lowest BCUT2D eigenvalue weighted by atomic mass is 10.2. The van der Waals surface area contributed by atoms with Gasteiger partial charge in [0, 0.05) is 17.9 Å². The van der Waals surface area contributed by atoms with Crippen LogP contribution in [-0.4, -0.2) is 41.4 Å². The van der Waals surface area contributed by atoms with Gasteiger partial charge >= 0.3 is 5.97 Å². The van der Waals surface area contributed by atoms with Gasteiger partial charge in [0.05, 0.1) is 11.9 Å². The minimum Gasteiger partial charge on any atom is -0.464 e. The summed E-state index contributed by atoms with van der Waals surface area (Å²) in [6.07, 6.45) is 0.0694. The molecule has 0 spiro atoms. The Hall–Kier alpha value is -2.02. The molecule has 1 aromatic rings. The second kappa shape index (κ2) is 8.01. The van der Waals surface area contributed by atoms with Crippen LogP contribution in [0.5, 0.6) is 0 Å². The molecular weight excluding hydrogens is 316 g/mol. The Bertz CT molecular complexity index is 588. The molecule has 2 rings (SSSR count). The molecule has 0 bridgehead atoms. The highest BCUT2D eigenvalue weighted by Crippen LogP contribution is 2.22. The van der Waals surface area contributed by atoms with E-state index in [4.69, 9.17) is 4.74 Å². The van der Waals surface area contributed by atoms with E-state index in [2.05, 4.69) is 10.6 Å². The van der Waals surface area contributed by atoms with E-state index in [1.807, 2.05) is 31.2 Å². The Kier molecular flexibility index (Phi) is 6.04. The summed E-state index contributed by atoms with van der Waals surface area (Å²) in [6.45, 7) is 3.96. The molecule has 0 radical (unpaired) electrons. The van der Waals surface area contributed by atoms with Gasteiger partial charge in [0.25, 0.3) is 0 Å². The van der Waals surface area contributed by atoms with Gasteiger partial charge in [0.15, 0.2) is 0 Å². The molecular formula is C16H20N2O4S. The number of benzene rings is 1. The molecule has 6 nitrogen and oxygen atoms in total. The molecule has 7 heteroatoms. The first-order valence-corrected chi connectivity index (χ1v) is 8.49. The maximum Gasteiger partial charge on any atom is 0.329 e. The summed E-state index contributed by atoms with van der Waals surface area (Å²) in [5.41, 5.74) is 1.81. The van der Waals surface area contributed by atoms with Crippen LogP contribution < -0.4 is 10.6 Å². The third-order valence-electron chi connectivity index (χ3n) is 3.35. The van der Waals surface area contributed by atoms with E-state index >= 15 is 0 Å². The molecule has 1 heterocycles. The fraction of sp³-hybridized carbons (Fsp3) is 0.438. The highest BCUT2D eigenvalue weighted by molar-refractivity contribution is 8.00. The van der Waals surface area contributed by atoms with E-state index in [0.717, 1.165) is 5.56 Å². The molecule has 23 heavy (non-hydrogen) atoms. The largest absolute Gasteiger partial charge is 0.464 e. The number of thioether (sulfide) groups is 1. The maximum atomic E-state index is 12.0. The number of amides is 2. The van der Waals surface area contributed by atoms with Gasteiger partial charge < -0.3 is 15.4 Å². The van der Waals surface area contributed by atoms with Crippen molar-refractivity contribution in [1.82, 2.24) is 5.32 Å². The fourth-order valence-electron chi connectivity index (χ4n) is 2.13. The minimum absolute atomic E-state index is 0.0694. The van der Waals surface area contributed by atoms with Crippen LogP contribution in [0.25, 0.3) is 0 Å². The summed E-state index contributed by atoms with van der Waals surface area (Å²) in [4.78, 5) is 35.7. The van der Waals surface area contributed by atoms with Crippen molar-refractivity contribution in [2.45, 2.75) is 31.6 Å². The van der Waals surface area contributed by atoms with Crippen LogP contribution in [0.2, 0.25) is 0 Å². The summed E-state index contributed by atoms with van der Waals surface area (Å²) >= 11 is 1.30. The van der Waals surface area contributed by atoms with Crippen molar-refractivity contribution in [3.63, 3.8) is 0 Å². The Balaban J connectivity index is 1.84. The van der Waals surface area contributed by atoms with E-state index in [-0.39, 0.29) is 24.8 Å². The minimum atomic E-state index is -0.635. The van der Waals surface area contributed by atoms with Crippen LogP contribution in [0.15, 0.2) is 24.3 Å². The van der Waals surface area contributed by atoms with Gasteiger partial charge in [0.1, 0.15) is 6.04 Å². The molecule has 0 saturated carbocycles. The molecule has 1 fully saturated rings. The maximum absolute atomic E-state index is 12.0. The van der Waals surface area contributed by atoms with Crippen LogP contribution in [0.4, 0.5) is 5.69 Å². The first-order chi connectivity index (χ1) is 11.0. The third kappa shape index (κ3) is 4.99. The van der Waals surface area contributed by atoms with Crippen molar-refractivity contribution < 1.29 is 19.1 Å². The molecule has 1 aliphatic heterocycles. The van der Waals surface area contributed by atoms with Crippen molar-refractivity contribution >= 4 is 35.2 Å². The van der Waals surface area contributed by atoms with Crippen LogP contribution in [0, 0.1) is 6.92 Å². The van der Waals surface area contributed by atoms with Gasteiger partial charge in [-0.25, -0.2) is 4.79 Å². The molecule has 1 aliphatic rings. The SMILES string of the molecule is CCOC(=O)[C@@H]1CS[C@H](CC(=O)Nc2ccc(C)cc2)C(=O)N1. The monoisotopic (exact) mass is 336 g/mol. The number of ether oxygens (including phenoxy) is 1. The van der Waals surface area contributed by atoms with Gasteiger partial charge in [-0.05, 0) is 26.0 Å². The first kappa shape index (κ1) is 17.3. The number of rotatable bonds is 5. The van der Waals surface area contributed by atoms with E-state index in [1.165, 1.54) is 11.8 Å². The molecule has 0 aliphatic carbocycles. The number of hydrogen-bond donors (Lipinski definition) is 2. The van der Waals surface area contributed by atoms with E-state index in [1.54, 1.807) is 6.92 Å². The molecule has 0 aromatic heterocycles.